The molecule has 0 radical (unpaired) electrons. The van der Waals surface area contributed by atoms with Crippen molar-refractivity contribution in [3.8, 4) is 5.75 Å². The fraction of sp³-hybridized carbons (Fsp3) is 0.200. The summed E-state index contributed by atoms with van der Waals surface area (Å²) in [5.74, 6) is 0.427. The van der Waals surface area contributed by atoms with E-state index >= 15 is 0 Å². The number of halogens is 2. The van der Waals surface area contributed by atoms with Crippen LogP contribution < -0.4 is 15.9 Å². The maximum absolute atomic E-state index is 10.4. The van der Waals surface area contributed by atoms with Crippen LogP contribution in [0.3, 0.4) is 0 Å². The zero-order valence-corrected chi connectivity index (χ0v) is 10.5. The number of amides is 2. The first-order chi connectivity index (χ1) is 8.04. The molecule has 0 heterocycles. The van der Waals surface area contributed by atoms with Gasteiger partial charge in [-0.05, 0) is 24.6 Å². The lowest BCUT2D eigenvalue weighted by atomic mass is 10.2. The van der Waals surface area contributed by atoms with Gasteiger partial charge in [-0.2, -0.15) is 5.10 Å². The average molecular weight is 276 g/mol. The molecule has 0 aliphatic rings. The lowest BCUT2D eigenvalue weighted by molar-refractivity contribution is 0.249. The number of urea groups is 1. The molecular formula is C10H11Cl2N3O2. The summed E-state index contributed by atoms with van der Waals surface area (Å²) in [4.78, 5) is 10.4. The standard InChI is InChI=1S/C10H11Cl2N3O2/c1-2-17-9-7(11)3-6(4-8(9)12)5-14-15-10(13)16/h3-5H,2H2,1H3,(H3,13,15,16)/b14-5-. The molecular weight excluding hydrogens is 265 g/mol. The van der Waals surface area contributed by atoms with Gasteiger partial charge in [-0.15, -0.1) is 0 Å². The summed E-state index contributed by atoms with van der Waals surface area (Å²) in [6.07, 6.45) is 1.37. The van der Waals surface area contributed by atoms with Crippen molar-refractivity contribution in [1.82, 2.24) is 5.43 Å². The number of primary amides is 1. The third kappa shape index (κ3) is 4.13. The smallest absolute Gasteiger partial charge is 0.332 e. The first-order valence-electron chi connectivity index (χ1n) is 4.75. The monoisotopic (exact) mass is 275 g/mol. The van der Waals surface area contributed by atoms with E-state index in [1.807, 2.05) is 6.92 Å². The lowest BCUT2D eigenvalue weighted by Gasteiger charge is -2.08. The van der Waals surface area contributed by atoms with Crippen LogP contribution in [0, 0.1) is 0 Å². The minimum atomic E-state index is -0.746. The van der Waals surface area contributed by atoms with Crippen LogP contribution >= 0.6 is 23.2 Å². The van der Waals surface area contributed by atoms with E-state index in [2.05, 4.69) is 10.5 Å². The predicted octanol–water partition coefficient (Wildman–Crippen LogP) is 2.39. The summed E-state index contributed by atoms with van der Waals surface area (Å²) in [6.45, 7) is 2.30. The van der Waals surface area contributed by atoms with Gasteiger partial charge in [-0.25, -0.2) is 10.2 Å². The van der Waals surface area contributed by atoms with Crippen molar-refractivity contribution in [3.63, 3.8) is 0 Å². The van der Waals surface area contributed by atoms with Gasteiger partial charge >= 0.3 is 6.03 Å². The fourth-order valence-electron chi connectivity index (χ4n) is 1.11. The highest BCUT2D eigenvalue weighted by Crippen LogP contribution is 2.33. The minimum absolute atomic E-state index is 0.375. The van der Waals surface area contributed by atoms with Gasteiger partial charge in [0.05, 0.1) is 22.9 Å². The quantitative estimate of drug-likeness (QED) is 0.654. The van der Waals surface area contributed by atoms with Crippen molar-refractivity contribution < 1.29 is 9.53 Å². The maximum Gasteiger partial charge on any atom is 0.332 e. The van der Waals surface area contributed by atoms with Crippen LogP contribution in [0.15, 0.2) is 17.2 Å². The largest absolute Gasteiger partial charge is 0.491 e. The van der Waals surface area contributed by atoms with Gasteiger partial charge in [0.25, 0.3) is 0 Å². The first-order valence-corrected chi connectivity index (χ1v) is 5.50. The molecule has 1 aromatic rings. The summed E-state index contributed by atoms with van der Waals surface area (Å²) in [5.41, 5.74) is 7.53. The maximum atomic E-state index is 10.4. The number of nitrogens with zero attached hydrogens (tertiary/aromatic N) is 1. The van der Waals surface area contributed by atoms with Gasteiger partial charge in [-0.1, -0.05) is 23.2 Å². The number of benzene rings is 1. The van der Waals surface area contributed by atoms with Crippen LogP contribution in [0.25, 0.3) is 0 Å². The Bertz CT molecular complexity index is 426. The summed E-state index contributed by atoms with van der Waals surface area (Å²) < 4.78 is 5.27. The van der Waals surface area contributed by atoms with Crippen molar-refractivity contribution in [2.45, 2.75) is 6.92 Å². The first kappa shape index (κ1) is 13.6. The zero-order valence-electron chi connectivity index (χ0n) is 9.04. The summed E-state index contributed by atoms with van der Waals surface area (Å²) in [6, 6.07) is 2.49. The molecule has 0 aliphatic heterocycles. The van der Waals surface area contributed by atoms with Gasteiger partial charge < -0.3 is 10.5 Å². The molecule has 2 amide bonds. The van der Waals surface area contributed by atoms with Crippen LogP contribution in [0.2, 0.25) is 10.0 Å². The number of hydrogen-bond donors (Lipinski definition) is 2. The molecule has 3 N–H and O–H groups in total. The second-order valence-corrected chi connectivity index (χ2v) is 3.80. The Morgan fingerprint density at radius 1 is 1.53 bits per heavy atom. The Morgan fingerprint density at radius 2 is 2.12 bits per heavy atom. The van der Waals surface area contributed by atoms with Crippen molar-refractivity contribution in [1.29, 1.82) is 0 Å². The number of carbonyl (C=O) groups is 1. The SMILES string of the molecule is CCOc1c(Cl)cc(/C=N\NC(N)=O)cc1Cl. The topological polar surface area (TPSA) is 76.7 Å². The molecule has 0 spiro atoms. The molecule has 0 unspecified atom stereocenters. The molecule has 1 aromatic carbocycles. The normalized spacial score (nSPS) is 10.5. The minimum Gasteiger partial charge on any atom is -0.491 e. The average Bonchev–Trinajstić information content (AvgIpc) is 2.23. The fourth-order valence-corrected chi connectivity index (χ4v) is 1.72. The zero-order chi connectivity index (χ0) is 12.8. The van der Waals surface area contributed by atoms with Gasteiger partial charge in [0.1, 0.15) is 0 Å². The summed E-state index contributed by atoms with van der Waals surface area (Å²) in [7, 11) is 0. The lowest BCUT2D eigenvalue weighted by Crippen LogP contribution is -2.24. The molecule has 0 fully saturated rings. The molecule has 0 atom stereocenters. The number of hydrazone groups is 1. The summed E-state index contributed by atoms with van der Waals surface area (Å²) in [5, 5.41) is 4.34. The highest BCUT2D eigenvalue weighted by molar-refractivity contribution is 6.37. The molecule has 0 saturated heterocycles. The van der Waals surface area contributed by atoms with E-state index in [0.717, 1.165) is 0 Å². The van der Waals surface area contributed by atoms with Crippen LogP contribution in [0.5, 0.6) is 5.75 Å². The van der Waals surface area contributed by atoms with Crippen LogP contribution in [-0.2, 0) is 0 Å². The Kier molecular flexibility index (Phi) is 5.06. The molecule has 0 aliphatic carbocycles. The summed E-state index contributed by atoms with van der Waals surface area (Å²) >= 11 is 11.9. The predicted molar refractivity (Wildman–Crippen MR) is 67.9 cm³/mol. The second-order valence-electron chi connectivity index (χ2n) is 2.98. The molecule has 5 nitrogen and oxygen atoms in total. The van der Waals surface area contributed by atoms with Crippen LogP contribution in [0.1, 0.15) is 12.5 Å². The van der Waals surface area contributed by atoms with Gasteiger partial charge in [0.15, 0.2) is 5.75 Å². The number of nitrogens with two attached hydrogens (primary N) is 1. The third-order valence-corrected chi connectivity index (χ3v) is 2.26. The molecule has 0 saturated carbocycles. The Balaban J connectivity index is 2.90. The van der Waals surface area contributed by atoms with E-state index in [0.29, 0.717) is 28.0 Å². The van der Waals surface area contributed by atoms with Crippen LogP contribution in [0.4, 0.5) is 4.79 Å². The Morgan fingerprint density at radius 3 is 2.59 bits per heavy atom. The number of ether oxygens (including phenoxy) is 1. The molecule has 0 bridgehead atoms. The van der Waals surface area contributed by atoms with Crippen molar-refractivity contribution in [3.05, 3.63) is 27.7 Å². The van der Waals surface area contributed by atoms with E-state index in [-0.39, 0.29) is 0 Å². The molecule has 1 rings (SSSR count). The van der Waals surface area contributed by atoms with E-state index in [1.54, 1.807) is 12.1 Å². The Hall–Kier alpha value is -1.46. The number of hydrogen-bond acceptors (Lipinski definition) is 3. The highest BCUT2D eigenvalue weighted by atomic mass is 35.5. The third-order valence-electron chi connectivity index (χ3n) is 1.70. The van der Waals surface area contributed by atoms with E-state index < -0.39 is 6.03 Å². The number of nitrogens with one attached hydrogen (secondary N) is 1. The number of rotatable bonds is 4. The molecule has 7 heteroatoms. The van der Waals surface area contributed by atoms with Crippen LogP contribution in [-0.4, -0.2) is 18.9 Å². The van der Waals surface area contributed by atoms with Gasteiger partial charge in [0, 0.05) is 0 Å². The Labute approximate surface area is 109 Å². The van der Waals surface area contributed by atoms with Crippen molar-refractivity contribution >= 4 is 35.4 Å². The molecule has 0 aromatic heterocycles. The van der Waals surface area contributed by atoms with E-state index in [4.69, 9.17) is 33.7 Å². The van der Waals surface area contributed by atoms with E-state index in [9.17, 15) is 4.79 Å². The van der Waals surface area contributed by atoms with Crippen molar-refractivity contribution in [2.24, 2.45) is 10.8 Å². The van der Waals surface area contributed by atoms with Crippen molar-refractivity contribution in [2.75, 3.05) is 6.61 Å². The van der Waals surface area contributed by atoms with E-state index in [1.165, 1.54) is 6.21 Å². The molecule has 17 heavy (non-hydrogen) atoms. The second kappa shape index (κ2) is 6.32. The van der Waals surface area contributed by atoms with Gasteiger partial charge in [-0.3, -0.25) is 0 Å². The molecule has 92 valence electrons. The van der Waals surface area contributed by atoms with Gasteiger partial charge in [0.2, 0.25) is 0 Å². The number of carbonyl (C=O) groups excluding carboxylic acids is 1. The highest BCUT2D eigenvalue weighted by Gasteiger charge is 2.08.